The predicted octanol–water partition coefficient (Wildman–Crippen LogP) is 2.70. The van der Waals surface area contributed by atoms with Crippen molar-refractivity contribution in [2.45, 2.75) is 32.5 Å². The predicted molar refractivity (Wildman–Crippen MR) is 84.4 cm³/mol. The second-order valence-corrected chi connectivity index (χ2v) is 6.15. The molecule has 1 amide bonds. The summed E-state index contributed by atoms with van der Waals surface area (Å²) in [5, 5.41) is 5.99. The van der Waals surface area contributed by atoms with Gasteiger partial charge in [0.15, 0.2) is 0 Å². The van der Waals surface area contributed by atoms with Crippen molar-refractivity contribution in [2.75, 3.05) is 32.1 Å². The Morgan fingerprint density at radius 1 is 1.41 bits per heavy atom. The highest BCUT2D eigenvalue weighted by molar-refractivity contribution is 5.87. The third-order valence-electron chi connectivity index (χ3n) is 3.16. The smallest absolute Gasteiger partial charge is 0.412 e. The summed E-state index contributed by atoms with van der Waals surface area (Å²) in [5.74, 6) is 0.581. The number of hydrogen-bond donors (Lipinski definition) is 2. The van der Waals surface area contributed by atoms with Gasteiger partial charge in [0.2, 0.25) is 0 Å². The molecule has 6 nitrogen and oxygen atoms in total. The minimum atomic E-state index is -0.543. The molecule has 1 aliphatic heterocycles. The third-order valence-corrected chi connectivity index (χ3v) is 3.16. The number of methoxy groups -OCH3 is 1. The molecule has 22 heavy (non-hydrogen) atoms. The highest BCUT2D eigenvalue weighted by Gasteiger charge is 2.20. The van der Waals surface area contributed by atoms with Crippen LogP contribution < -0.4 is 15.4 Å². The van der Waals surface area contributed by atoms with Crippen molar-refractivity contribution in [2.24, 2.45) is 0 Å². The fraction of sp³-hybridized carbons (Fsp3) is 0.562. The first-order valence-electron chi connectivity index (χ1n) is 7.39. The Labute approximate surface area is 131 Å². The Hall–Kier alpha value is -1.79. The largest absolute Gasteiger partial charge is 0.495 e. The first-order valence-corrected chi connectivity index (χ1v) is 7.39. The third kappa shape index (κ3) is 4.61. The van der Waals surface area contributed by atoms with Gasteiger partial charge in [-0.3, -0.25) is 5.32 Å². The van der Waals surface area contributed by atoms with Crippen molar-refractivity contribution < 1.29 is 19.0 Å². The first kappa shape index (κ1) is 16.6. The summed E-state index contributed by atoms with van der Waals surface area (Å²) in [6.45, 7) is 7.78. The maximum absolute atomic E-state index is 11.9. The first-order chi connectivity index (χ1) is 10.4. The molecule has 1 unspecified atom stereocenters. The second kappa shape index (κ2) is 6.98. The van der Waals surface area contributed by atoms with Gasteiger partial charge in [-0.1, -0.05) is 6.07 Å². The van der Waals surface area contributed by atoms with E-state index in [-0.39, 0.29) is 6.10 Å². The van der Waals surface area contributed by atoms with Crippen molar-refractivity contribution >= 4 is 11.8 Å². The molecular formula is C16H24N2O4. The Morgan fingerprint density at radius 3 is 2.77 bits per heavy atom. The summed E-state index contributed by atoms with van der Waals surface area (Å²) in [4.78, 5) is 11.9. The SMILES string of the molecule is COc1cc(C2CNCCO2)ccc1NC(=O)OC(C)(C)C. The minimum absolute atomic E-state index is 0.00164. The fourth-order valence-electron chi connectivity index (χ4n) is 2.20. The number of carbonyl (C=O) groups is 1. The van der Waals surface area contributed by atoms with Gasteiger partial charge < -0.3 is 19.5 Å². The number of carbonyl (C=O) groups excluding carboxylic acids is 1. The summed E-state index contributed by atoms with van der Waals surface area (Å²) in [7, 11) is 1.57. The molecule has 1 heterocycles. The van der Waals surface area contributed by atoms with Gasteiger partial charge >= 0.3 is 6.09 Å². The molecule has 0 radical (unpaired) electrons. The van der Waals surface area contributed by atoms with E-state index in [9.17, 15) is 4.79 Å². The van der Waals surface area contributed by atoms with Crippen LogP contribution in [0.2, 0.25) is 0 Å². The van der Waals surface area contributed by atoms with Crippen molar-refractivity contribution in [1.82, 2.24) is 5.32 Å². The average Bonchev–Trinajstić information content (AvgIpc) is 2.46. The molecule has 1 aromatic carbocycles. The molecule has 122 valence electrons. The second-order valence-electron chi connectivity index (χ2n) is 6.15. The molecule has 1 fully saturated rings. The Balaban J connectivity index is 2.10. The molecule has 0 aromatic heterocycles. The van der Waals surface area contributed by atoms with Gasteiger partial charge in [0.1, 0.15) is 11.4 Å². The Kier molecular flexibility index (Phi) is 5.26. The zero-order valence-electron chi connectivity index (χ0n) is 13.6. The number of hydrogen-bond acceptors (Lipinski definition) is 5. The molecule has 6 heteroatoms. The maximum atomic E-state index is 11.9. The van der Waals surface area contributed by atoms with E-state index in [4.69, 9.17) is 14.2 Å². The lowest BCUT2D eigenvalue weighted by atomic mass is 10.1. The normalized spacial score (nSPS) is 18.6. The van der Waals surface area contributed by atoms with Gasteiger partial charge in [-0.05, 0) is 38.5 Å². The summed E-state index contributed by atoms with van der Waals surface area (Å²) >= 11 is 0. The van der Waals surface area contributed by atoms with Crippen molar-refractivity contribution in [3.05, 3.63) is 23.8 Å². The van der Waals surface area contributed by atoms with Crippen LogP contribution in [-0.2, 0) is 9.47 Å². The number of benzene rings is 1. The number of ether oxygens (including phenoxy) is 3. The standard InChI is InChI=1S/C16H24N2O4/c1-16(2,3)22-15(19)18-12-6-5-11(9-13(12)20-4)14-10-17-7-8-21-14/h5-6,9,14,17H,7-8,10H2,1-4H3,(H,18,19). The van der Waals surface area contributed by atoms with E-state index in [1.165, 1.54) is 0 Å². The van der Waals surface area contributed by atoms with Gasteiger partial charge in [0.05, 0.1) is 25.5 Å². The van der Waals surface area contributed by atoms with Crippen molar-refractivity contribution in [1.29, 1.82) is 0 Å². The van der Waals surface area contributed by atoms with Crippen LogP contribution in [0, 0.1) is 0 Å². The van der Waals surface area contributed by atoms with E-state index >= 15 is 0 Å². The summed E-state index contributed by atoms with van der Waals surface area (Å²) < 4.78 is 16.3. The monoisotopic (exact) mass is 308 g/mol. The zero-order valence-corrected chi connectivity index (χ0v) is 13.6. The van der Waals surface area contributed by atoms with Gasteiger partial charge in [-0.25, -0.2) is 4.79 Å². The molecule has 0 aliphatic carbocycles. The highest BCUT2D eigenvalue weighted by Crippen LogP contribution is 2.30. The van der Waals surface area contributed by atoms with Gasteiger partial charge in [0.25, 0.3) is 0 Å². The molecule has 2 rings (SSSR count). The van der Waals surface area contributed by atoms with Gasteiger partial charge in [-0.15, -0.1) is 0 Å². The van der Waals surface area contributed by atoms with E-state index in [2.05, 4.69) is 10.6 Å². The molecule has 2 N–H and O–H groups in total. The molecule has 1 atom stereocenters. The number of morpholine rings is 1. The Morgan fingerprint density at radius 2 is 2.18 bits per heavy atom. The number of rotatable bonds is 3. The number of nitrogens with one attached hydrogen (secondary N) is 2. The lowest BCUT2D eigenvalue weighted by Crippen LogP contribution is -2.33. The lowest BCUT2D eigenvalue weighted by molar-refractivity contribution is 0.0276. The molecular weight excluding hydrogens is 284 g/mol. The van der Waals surface area contributed by atoms with Gasteiger partial charge in [-0.2, -0.15) is 0 Å². The van der Waals surface area contributed by atoms with E-state index in [1.54, 1.807) is 13.2 Å². The molecule has 0 spiro atoms. The van der Waals surface area contributed by atoms with Gasteiger partial charge in [0, 0.05) is 13.1 Å². The van der Waals surface area contributed by atoms with Crippen LogP contribution in [0.15, 0.2) is 18.2 Å². The summed E-state index contributed by atoms with van der Waals surface area (Å²) in [5.41, 5.74) is 1.04. The van der Waals surface area contributed by atoms with E-state index in [0.717, 1.165) is 18.7 Å². The number of amides is 1. The van der Waals surface area contributed by atoms with Crippen LogP contribution >= 0.6 is 0 Å². The highest BCUT2D eigenvalue weighted by atomic mass is 16.6. The lowest BCUT2D eigenvalue weighted by Gasteiger charge is -2.25. The molecule has 0 saturated carbocycles. The topological polar surface area (TPSA) is 68.8 Å². The van der Waals surface area contributed by atoms with Crippen LogP contribution in [0.4, 0.5) is 10.5 Å². The summed E-state index contributed by atoms with van der Waals surface area (Å²) in [6, 6.07) is 5.60. The van der Waals surface area contributed by atoms with E-state index < -0.39 is 11.7 Å². The van der Waals surface area contributed by atoms with Crippen LogP contribution in [0.1, 0.15) is 32.4 Å². The van der Waals surface area contributed by atoms with Crippen molar-refractivity contribution in [3.8, 4) is 5.75 Å². The zero-order chi connectivity index (χ0) is 16.2. The minimum Gasteiger partial charge on any atom is -0.495 e. The van der Waals surface area contributed by atoms with Crippen LogP contribution in [0.5, 0.6) is 5.75 Å². The molecule has 1 saturated heterocycles. The van der Waals surface area contributed by atoms with E-state index in [1.807, 2.05) is 32.9 Å². The quantitative estimate of drug-likeness (QED) is 0.898. The fourth-order valence-corrected chi connectivity index (χ4v) is 2.20. The molecule has 1 aromatic rings. The van der Waals surface area contributed by atoms with E-state index in [0.29, 0.717) is 18.0 Å². The summed E-state index contributed by atoms with van der Waals surface area (Å²) in [6.07, 6.45) is -0.507. The molecule has 0 bridgehead atoms. The van der Waals surface area contributed by atoms with Crippen LogP contribution in [-0.4, -0.2) is 38.5 Å². The van der Waals surface area contributed by atoms with Crippen LogP contribution in [0.3, 0.4) is 0 Å². The van der Waals surface area contributed by atoms with Crippen LogP contribution in [0.25, 0.3) is 0 Å². The number of anilines is 1. The van der Waals surface area contributed by atoms with Crippen molar-refractivity contribution in [3.63, 3.8) is 0 Å². The molecule has 1 aliphatic rings. The maximum Gasteiger partial charge on any atom is 0.412 e. The Bertz CT molecular complexity index is 519. The average molecular weight is 308 g/mol.